The van der Waals surface area contributed by atoms with E-state index in [2.05, 4.69) is 12.2 Å². The van der Waals surface area contributed by atoms with Crippen LogP contribution in [0.2, 0.25) is 0 Å². The predicted molar refractivity (Wildman–Crippen MR) is 39.4 cm³/mol. The fourth-order valence-corrected chi connectivity index (χ4v) is 1.00. The molecule has 0 spiro atoms. The molecule has 1 aliphatic rings. The van der Waals surface area contributed by atoms with Crippen molar-refractivity contribution in [1.82, 2.24) is 0 Å². The van der Waals surface area contributed by atoms with Crippen LogP contribution in [0.25, 0.3) is 0 Å². The minimum absolute atomic E-state index is 0.861. The molecule has 0 saturated heterocycles. The van der Waals surface area contributed by atoms with E-state index in [1.165, 1.54) is 0 Å². The second kappa shape index (κ2) is 3.30. The molecule has 1 aliphatic carbocycles. The zero-order valence-electron chi connectivity index (χ0n) is 6.39. The first-order valence-electron chi connectivity index (χ1n) is 3.33. The molecule has 10 heavy (non-hydrogen) atoms. The Hall–Kier alpha value is -0.920. The van der Waals surface area contributed by atoms with Crippen LogP contribution in [0.1, 0.15) is 12.8 Å². The highest BCUT2D eigenvalue weighted by atomic mass is 16.5. The van der Waals surface area contributed by atoms with Gasteiger partial charge in [0.05, 0.1) is 14.2 Å². The monoisotopic (exact) mass is 140 g/mol. The molecule has 0 radical (unpaired) electrons. The number of ether oxygens (including phenoxy) is 2. The molecule has 0 atom stereocenters. The summed E-state index contributed by atoms with van der Waals surface area (Å²) < 4.78 is 10.2. The summed E-state index contributed by atoms with van der Waals surface area (Å²) in [5, 5.41) is 0. The molecule has 0 aromatic carbocycles. The van der Waals surface area contributed by atoms with Crippen LogP contribution < -0.4 is 0 Å². The van der Waals surface area contributed by atoms with E-state index in [1.807, 2.05) is 0 Å². The van der Waals surface area contributed by atoms with Gasteiger partial charge in [0.15, 0.2) is 0 Å². The van der Waals surface area contributed by atoms with Crippen LogP contribution in [0, 0.1) is 0 Å². The van der Waals surface area contributed by atoms with E-state index in [9.17, 15) is 0 Å². The predicted octanol–water partition coefficient (Wildman–Crippen LogP) is 1.84. The number of hydrogen-bond donors (Lipinski definition) is 0. The summed E-state index contributed by atoms with van der Waals surface area (Å²) in [7, 11) is 3.35. The second-order valence-electron chi connectivity index (χ2n) is 2.13. The molecule has 0 N–H and O–H groups in total. The van der Waals surface area contributed by atoms with Gasteiger partial charge in [0, 0.05) is 12.8 Å². The molecule has 56 valence electrons. The topological polar surface area (TPSA) is 18.5 Å². The standard InChI is InChI=1S/C8H12O2/c1-9-7-5-3-4-6-8(7)10-2/h3-4H,5-6H2,1-2H3. The van der Waals surface area contributed by atoms with Crippen molar-refractivity contribution in [2.24, 2.45) is 0 Å². The lowest BCUT2D eigenvalue weighted by Crippen LogP contribution is -1.99. The van der Waals surface area contributed by atoms with E-state index in [-0.39, 0.29) is 0 Å². The smallest absolute Gasteiger partial charge is 0.137 e. The van der Waals surface area contributed by atoms with Gasteiger partial charge in [-0.3, -0.25) is 0 Å². The number of allylic oxidation sites excluding steroid dienone is 2. The van der Waals surface area contributed by atoms with Gasteiger partial charge in [-0.15, -0.1) is 0 Å². The normalized spacial score (nSPS) is 17.4. The van der Waals surface area contributed by atoms with Crippen molar-refractivity contribution >= 4 is 0 Å². The molecular weight excluding hydrogens is 128 g/mol. The molecule has 0 amide bonds. The van der Waals surface area contributed by atoms with Crippen LogP contribution >= 0.6 is 0 Å². The Bertz CT molecular complexity index is 150. The van der Waals surface area contributed by atoms with Crippen LogP contribution in [0.5, 0.6) is 0 Å². The van der Waals surface area contributed by atoms with Crippen molar-refractivity contribution < 1.29 is 9.47 Å². The first-order chi connectivity index (χ1) is 4.88. The molecule has 0 fully saturated rings. The molecule has 0 aromatic rings. The van der Waals surface area contributed by atoms with Crippen molar-refractivity contribution in [3.8, 4) is 0 Å². The van der Waals surface area contributed by atoms with Crippen LogP contribution in [0.3, 0.4) is 0 Å². The first-order valence-corrected chi connectivity index (χ1v) is 3.33. The maximum absolute atomic E-state index is 5.10. The van der Waals surface area contributed by atoms with E-state index >= 15 is 0 Å². The van der Waals surface area contributed by atoms with Crippen molar-refractivity contribution in [2.45, 2.75) is 12.8 Å². The molecule has 0 heterocycles. The van der Waals surface area contributed by atoms with E-state index in [4.69, 9.17) is 9.47 Å². The molecule has 0 aromatic heterocycles. The molecular formula is C8H12O2. The summed E-state index contributed by atoms with van der Waals surface area (Å²) in [6.07, 6.45) is 5.89. The van der Waals surface area contributed by atoms with Gasteiger partial charge in [0.1, 0.15) is 11.5 Å². The largest absolute Gasteiger partial charge is 0.497 e. The first kappa shape index (κ1) is 7.19. The molecule has 2 heteroatoms. The summed E-state index contributed by atoms with van der Waals surface area (Å²) in [6.45, 7) is 0. The third-order valence-electron chi connectivity index (χ3n) is 1.58. The SMILES string of the molecule is COC1=C(OC)CC=CC1. The molecule has 0 saturated carbocycles. The quantitative estimate of drug-likeness (QED) is 0.545. The Kier molecular flexibility index (Phi) is 2.37. The average molecular weight is 140 g/mol. The Morgan fingerprint density at radius 3 is 1.70 bits per heavy atom. The molecule has 1 rings (SSSR count). The second-order valence-corrected chi connectivity index (χ2v) is 2.13. The van der Waals surface area contributed by atoms with E-state index in [0.29, 0.717) is 0 Å². The fourth-order valence-electron chi connectivity index (χ4n) is 1.00. The van der Waals surface area contributed by atoms with Crippen LogP contribution in [0.4, 0.5) is 0 Å². The Labute approximate surface area is 61.1 Å². The summed E-state index contributed by atoms with van der Waals surface area (Å²) in [4.78, 5) is 0. The van der Waals surface area contributed by atoms with Crippen LogP contribution in [-0.2, 0) is 9.47 Å². The van der Waals surface area contributed by atoms with Crippen molar-refractivity contribution in [3.63, 3.8) is 0 Å². The minimum atomic E-state index is 0.861. The van der Waals surface area contributed by atoms with Gasteiger partial charge in [-0.05, 0) is 0 Å². The van der Waals surface area contributed by atoms with Crippen molar-refractivity contribution in [3.05, 3.63) is 23.7 Å². The van der Waals surface area contributed by atoms with Gasteiger partial charge in [-0.25, -0.2) is 0 Å². The maximum atomic E-state index is 5.10. The van der Waals surface area contributed by atoms with Gasteiger partial charge in [0.2, 0.25) is 0 Å². The highest BCUT2D eigenvalue weighted by molar-refractivity contribution is 5.14. The lowest BCUT2D eigenvalue weighted by atomic mass is 10.1. The van der Waals surface area contributed by atoms with Gasteiger partial charge >= 0.3 is 0 Å². The summed E-state index contributed by atoms with van der Waals surface area (Å²) in [5.74, 6) is 1.90. The average Bonchev–Trinajstić information content (AvgIpc) is 2.04. The van der Waals surface area contributed by atoms with Gasteiger partial charge in [-0.2, -0.15) is 0 Å². The van der Waals surface area contributed by atoms with E-state index < -0.39 is 0 Å². The molecule has 0 unspecified atom stereocenters. The van der Waals surface area contributed by atoms with Crippen LogP contribution in [-0.4, -0.2) is 14.2 Å². The molecule has 2 nitrogen and oxygen atoms in total. The Morgan fingerprint density at radius 1 is 1.00 bits per heavy atom. The van der Waals surface area contributed by atoms with Crippen molar-refractivity contribution in [1.29, 1.82) is 0 Å². The minimum Gasteiger partial charge on any atom is -0.497 e. The summed E-state index contributed by atoms with van der Waals surface area (Å²) >= 11 is 0. The van der Waals surface area contributed by atoms with Gasteiger partial charge in [0.25, 0.3) is 0 Å². The summed E-state index contributed by atoms with van der Waals surface area (Å²) in [6, 6.07) is 0. The number of rotatable bonds is 2. The lowest BCUT2D eigenvalue weighted by molar-refractivity contribution is 0.210. The third-order valence-corrected chi connectivity index (χ3v) is 1.58. The highest BCUT2D eigenvalue weighted by Crippen LogP contribution is 2.19. The zero-order chi connectivity index (χ0) is 7.40. The third kappa shape index (κ3) is 1.32. The molecule has 0 aliphatic heterocycles. The Balaban J connectivity index is 2.66. The van der Waals surface area contributed by atoms with E-state index in [0.717, 1.165) is 24.4 Å². The van der Waals surface area contributed by atoms with Crippen molar-refractivity contribution in [2.75, 3.05) is 14.2 Å². The summed E-state index contributed by atoms with van der Waals surface area (Å²) in [5.41, 5.74) is 0. The number of methoxy groups -OCH3 is 2. The number of hydrogen-bond acceptors (Lipinski definition) is 2. The Morgan fingerprint density at radius 2 is 1.40 bits per heavy atom. The molecule has 0 bridgehead atoms. The van der Waals surface area contributed by atoms with Gasteiger partial charge in [-0.1, -0.05) is 12.2 Å². The maximum Gasteiger partial charge on any atom is 0.137 e. The zero-order valence-corrected chi connectivity index (χ0v) is 6.39. The van der Waals surface area contributed by atoms with Gasteiger partial charge < -0.3 is 9.47 Å². The van der Waals surface area contributed by atoms with Crippen LogP contribution in [0.15, 0.2) is 23.7 Å². The fraction of sp³-hybridized carbons (Fsp3) is 0.500. The van der Waals surface area contributed by atoms with E-state index in [1.54, 1.807) is 14.2 Å². The highest BCUT2D eigenvalue weighted by Gasteiger charge is 2.07. The lowest BCUT2D eigenvalue weighted by Gasteiger charge is -2.13.